The fourth-order valence-electron chi connectivity index (χ4n) is 3.25. The number of halogens is 1. The summed E-state index contributed by atoms with van der Waals surface area (Å²) in [6.45, 7) is 6.92. The molecule has 0 aromatic carbocycles. The number of thiazole rings is 1. The summed E-state index contributed by atoms with van der Waals surface area (Å²) in [6, 6.07) is 0. The van der Waals surface area contributed by atoms with Gasteiger partial charge in [0.05, 0.1) is 17.3 Å². The lowest BCUT2D eigenvalue weighted by Gasteiger charge is -2.24. The SMILES string of the molecule is CN=C(NCCc1csc(C)n1)N1CCC2(CCOC2)C1.I. The van der Waals surface area contributed by atoms with E-state index in [1.807, 2.05) is 14.0 Å². The molecule has 1 unspecified atom stereocenters. The molecule has 0 radical (unpaired) electrons. The number of ether oxygens (including phenoxy) is 1. The first kappa shape index (κ1) is 17.9. The summed E-state index contributed by atoms with van der Waals surface area (Å²) in [6.07, 6.45) is 3.36. The van der Waals surface area contributed by atoms with Gasteiger partial charge in [-0.15, -0.1) is 35.3 Å². The number of hydrogen-bond acceptors (Lipinski definition) is 4. The molecule has 1 atom stereocenters. The van der Waals surface area contributed by atoms with E-state index in [1.54, 1.807) is 11.3 Å². The molecule has 2 fully saturated rings. The van der Waals surface area contributed by atoms with Crippen LogP contribution in [0.15, 0.2) is 10.4 Å². The highest BCUT2D eigenvalue weighted by Crippen LogP contribution is 2.38. The van der Waals surface area contributed by atoms with E-state index in [-0.39, 0.29) is 24.0 Å². The molecule has 3 rings (SSSR count). The van der Waals surface area contributed by atoms with Gasteiger partial charge in [0, 0.05) is 50.5 Å². The van der Waals surface area contributed by atoms with Gasteiger partial charge in [0.15, 0.2) is 5.96 Å². The van der Waals surface area contributed by atoms with Gasteiger partial charge in [-0.3, -0.25) is 4.99 Å². The molecule has 0 saturated carbocycles. The lowest BCUT2D eigenvalue weighted by molar-refractivity contribution is 0.156. The molecule has 2 aliphatic heterocycles. The Morgan fingerprint density at radius 1 is 1.55 bits per heavy atom. The number of guanidine groups is 1. The van der Waals surface area contributed by atoms with Gasteiger partial charge in [0.2, 0.25) is 0 Å². The summed E-state index contributed by atoms with van der Waals surface area (Å²) in [5.41, 5.74) is 1.55. The third kappa shape index (κ3) is 4.11. The molecule has 22 heavy (non-hydrogen) atoms. The van der Waals surface area contributed by atoms with Crippen LogP contribution in [0.25, 0.3) is 0 Å². The number of nitrogens with zero attached hydrogens (tertiary/aromatic N) is 3. The summed E-state index contributed by atoms with van der Waals surface area (Å²) >= 11 is 1.71. The molecule has 1 N–H and O–H groups in total. The maximum atomic E-state index is 5.59. The molecule has 0 amide bonds. The van der Waals surface area contributed by atoms with E-state index in [1.165, 1.54) is 18.5 Å². The Balaban J connectivity index is 0.00000176. The topological polar surface area (TPSA) is 49.8 Å². The summed E-state index contributed by atoms with van der Waals surface area (Å²) < 4.78 is 5.59. The first-order valence-electron chi connectivity index (χ1n) is 7.65. The minimum atomic E-state index is 0. The maximum absolute atomic E-state index is 5.59. The monoisotopic (exact) mass is 436 g/mol. The van der Waals surface area contributed by atoms with Crippen molar-refractivity contribution in [3.8, 4) is 0 Å². The van der Waals surface area contributed by atoms with Crippen molar-refractivity contribution >= 4 is 41.3 Å². The highest BCUT2D eigenvalue weighted by molar-refractivity contribution is 14.0. The summed E-state index contributed by atoms with van der Waals surface area (Å²) in [5, 5.41) is 6.75. The fourth-order valence-corrected chi connectivity index (χ4v) is 3.89. The lowest BCUT2D eigenvalue weighted by atomic mass is 9.87. The molecule has 2 saturated heterocycles. The van der Waals surface area contributed by atoms with Crippen LogP contribution >= 0.6 is 35.3 Å². The van der Waals surface area contributed by atoms with Crippen molar-refractivity contribution < 1.29 is 4.74 Å². The molecule has 2 aliphatic rings. The van der Waals surface area contributed by atoms with Crippen LogP contribution in [0.1, 0.15) is 23.5 Å². The largest absolute Gasteiger partial charge is 0.381 e. The molecule has 3 heterocycles. The van der Waals surface area contributed by atoms with Crippen molar-refractivity contribution in [1.82, 2.24) is 15.2 Å². The number of likely N-dealkylation sites (tertiary alicyclic amines) is 1. The molecule has 1 aromatic heterocycles. The normalized spacial score (nSPS) is 24.8. The second-order valence-corrected chi connectivity index (χ2v) is 7.12. The van der Waals surface area contributed by atoms with Crippen LogP contribution in [0.5, 0.6) is 0 Å². The van der Waals surface area contributed by atoms with E-state index in [9.17, 15) is 0 Å². The van der Waals surface area contributed by atoms with E-state index >= 15 is 0 Å². The Labute approximate surface area is 153 Å². The van der Waals surface area contributed by atoms with Crippen molar-refractivity contribution in [2.24, 2.45) is 10.4 Å². The van der Waals surface area contributed by atoms with E-state index in [4.69, 9.17) is 4.74 Å². The predicted molar refractivity (Wildman–Crippen MR) is 101 cm³/mol. The molecule has 1 aromatic rings. The summed E-state index contributed by atoms with van der Waals surface area (Å²) in [5.74, 6) is 1.02. The zero-order chi connectivity index (χ0) is 14.7. The Morgan fingerprint density at radius 3 is 3.05 bits per heavy atom. The number of aryl methyl sites for hydroxylation is 1. The fraction of sp³-hybridized carbons (Fsp3) is 0.733. The Bertz CT molecular complexity index is 513. The molecule has 0 bridgehead atoms. The minimum Gasteiger partial charge on any atom is -0.381 e. The molecule has 5 nitrogen and oxygen atoms in total. The first-order valence-corrected chi connectivity index (χ1v) is 8.53. The summed E-state index contributed by atoms with van der Waals surface area (Å²) in [4.78, 5) is 11.3. The van der Waals surface area contributed by atoms with E-state index in [0.717, 1.165) is 50.2 Å². The number of hydrogen-bond donors (Lipinski definition) is 1. The van der Waals surface area contributed by atoms with Gasteiger partial charge in [-0.2, -0.15) is 0 Å². The lowest BCUT2D eigenvalue weighted by Crippen LogP contribution is -2.42. The standard InChI is InChI=1S/C15H24N4OS.HI/c1-12-18-13(9-21-12)3-6-17-14(16-2)19-7-4-15(10-19)5-8-20-11-15;/h9H,3-8,10-11H2,1-2H3,(H,16,17);1H. The van der Waals surface area contributed by atoms with Gasteiger partial charge >= 0.3 is 0 Å². The maximum Gasteiger partial charge on any atom is 0.193 e. The van der Waals surface area contributed by atoms with Crippen LogP contribution < -0.4 is 5.32 Å². The molecule has 0 aliphatic carbocycles. The van der Waals surface area contributed by atoms with Crippen molar-refractivity contribution in [2.75, 3.05) is 39.9 Å². The first-order chi connectivity index (χ1) is 10.2. The third-order valence-electron chi connectivity index (χ3n) is 4.47. The van der Waals surface area contributed by atoms with Gasteiger partial charge < -0.3 is 15.0 Å². The number of aromatic nitrogens is 1. The van der Waals surface area contributed by atoms with E-state index < -0.39 is 0 Å². The van der Waals surface area contributed by atoms with Gasteiger partial charge in [-0.25, -0.2) is 4.98 Å². The Hall–Kier alpha value is -0.410. The van der Waals surface area contributed by atoms with Crippen LogP contribution in [-0.2, 0) is 11.2 Å². The van der Waals surface area contributed by atoms with E-state index in [0.29, 0.717) is 5.41 Å². The molecule has 1 spiro atoms. The molecular formula is C15H25IN4OS. The predicted octanol–water partition coefficient (Wildman–Crippen LogP) is 2.30. The smallest absolute Gasteiger partial charge is 0.193 e. The van der Waals surface area contributed by atoms with Gasteiger partial charge in [0.25, 0.3) is 0 Å². The minimum absolute atomic E-state index is 0. The number of nitrogens with one attached hydrogen (secondary N) is 1. The molecule has 7 heteroatoms. The van der Waals surface area contributed by atoms with Gasteiger partial charge in [-0.05, 0) is 19.8 Å². The highest BCUT2D eigenvalue weighted by Gasteiger charge is 2.42. The van der Waals surface area contributed by atoms with E-state index in [2.05, 4.69) is 25.6 Å². The van der Waals surface area contributed by atoms with Crippen molar-refractivity contribution in [2.45, 2.75) is 26.2 Å². The van der Waals surface area contributed by atoms with Crippen molar-refractivity contribution in [3.63, 3.8) is 0 Å². The average molecular weight is 436 g/mol. The third-order valence-corrected chi connectivity index (χ3v) is 5.29. The van der Waals surface area contributed by atoms with Crippen LogP contribution in [0.3, 0.4) is 0 Å². The zero-order valence-electron chi connectivity index (χ0n) is 13.3. The van der Waals surface area contributed by atoms with Crippen LogP contribution in [0.4, 0.5) is 0 Å². The van der Waals surface area contributed by atoms with Crippen LogP contribution in [0.2, 0.25) is 0 Å². The highest BCUT2D eigenvalue weighted by atomic mass is 127. The number of rotatable bonds is 3. The molecule has 124 valence electrons. The van der Waals surface area contributed by atoms with Gasteiger partial charge in [-0.1, -0.05) is 0 Å². The Kier molecular flexibility index (Phi) is 6.46. The molecular weight excluding hydrogens is 411 g/mol. The van der Waals surface area contributed by atoms with Crippen molar-refractivity contribution in [3.05, 3.63) is 16.1 Å². The number of aliphatic imine (C=N–C) groups is 1. The second-order valence-electron chi connectivity index (χ2n) is 6.06. The van der Waals surface area contributed by atoms with Gasteiger partial charge in [0.1, 0.15) is 0 Å². The zero-order valence-corrected chi connectivity index (χ0v) is 16.4. The van der Waals surface area contributed by atoms with Crippen molar-refractivity contribution in [1.29, 1.82) is 0 Å². The Morgan fingerprint density at radius 2 is 2.41 bits per heavy atom. The van der Waals surface area contributed by atoms with Crippen LogP contribution in [-0.4, -0.2) is 55.7 Å². The van der Waals surface area contributed by atoms with Crippen LogP contribution in [0, 0.1) is 12.3 Å². The quantitative estimate of drug-likeness (QED) is 0.449. The second kappa shape index (κ2) is 7.92. The summed E-state index contributed by atoms with van der Waals surface area (Å²) in [7, 11) is 1.87. The average Bonchev–Trinajstić information content (AvgIpc) is 3.19.